The summed E-state index contributed by atoms with van der Waals surface area (Å²) in [7, 11) is 3.44. The average molecular weight is 344 g/mol. The number of aromatic nitrogens is 1. The van der Waals surface area contributed by atoms with E-state index in [2.05, 4.69) is 9.88 Å². The van der Waals surface area contributed by atoms with Gasteiger partial charge in [0.25, 0.3) is 11.8 Å². The first-order valence-electron chi connectivity index (χ1n) is 7.80. The normalized spacial score (nSPS) is 14.6. The Balaban J connectivity index is 1.60. The van der Waals surface area contributed by atoms with E-state index >= 15 is 0 Å². The Morgan fingerprint density at radius 1 is 1.08 bits per heavy atom. The molecule has 0 unspecified atom stereocenters. The van der Waals surface area contributed by atoms with Crippen LogP contribution in [0.4, 0.5) is 5.82 Å². The first-order chi connectivity index (χ1) is 11.6. The van der Waals surface area contributed by atoms with Crippen LogP contribution < -0.4 is 4.90 Å². The molecule has 6 nitrogen and oxygen atoms in total. The lowest BCUT2D eigenvalue weighted by Gasteiger charge is -2.35. The van der Waals surface area contributed by atoms with Crippen LogP contribution in [0.2, 0.25) is 0 Å². The predicted molar refractivity (Wildman–Crippen MR) is 94.7 cm³/mol. The topological polar surface area (TPSA) is 56.8 Å². The van der Waals surface area contributed by atoms with Crippen LogP contribution in [-0.4, -0.2) is 66.9 Å². The molecule has 0 spiro atoms. The van der Waals surface area contributed by atoms with Gasteiger partial charge < -0.3 is 14.7 Å². The maximum atomic E-state index is 12.3. The van der Waals surface area contributed by atoms with E-state index in [1.54, 1.807) is 26.4 Å². The summed E-state index contributed by atoms with van der Waals surface area (Å²) >= 11 is 1.54. The molecule has 1 aliphatic heterocycles. The molecule has 1 aliphatic rings. The summed E-state index contributed by atoms with van der Waals surface area (Å²) in [5.74, 6) is 0.879. The Bertz CT molecular complexity index is 705. The van der Waals surface area contributed by atoms with Crippen molar-refractivity contribution in [2.45, 2.75) is 0 Å². The Morgan fingerprint density at radius 2 is 1.83 bits per heavy atom. The van der Waals surface area contributed by atoms with Crippen LogP contribution in [0.1, 0.15) is 20.7 Å². The molecular weight excluding hydrogens is 324 g/mol. The van der Waals surface area contributed by atoms with Gasteiger partial charge in [0.2, 0.25) is 0 Å². The lowest BCUT2D eigenvalue weighted by Crippen LogP contribution is -2.49. The second kappa shape index (κ2) is 7.00. The van der Waals surface area contributed by atoms with Gasteiger partial charge in [-0.2, -0.15) is 11.3 Å². The van der Waals surface area contributed by atoms with Crippen molar-refractivity contribution in [1.82, 2.24) is 14.8 Å². The fourth-order valence-electron chi connectivity index (χ4n) is 2.67. The highest BCUT2D eigenvalue weighted by atomic mass is 32.1. The van der Waals surface area contributed by atoms with E-state index in [0.29, 0.717) is 18.7 Å². The van der Waals surface area contributed by atoms with Crippen molar-refractivity contribution in [2.75, 3.05) is 45.2 Å². The Labute approximate surface area is 145 Å². The summed E-state index contributed by atoms with van der Waals surface area (Å²) < 4.78 is 0. The van der Waals surface area contributed by atoms with E-state index in [4.69, 9.17) is 0 Å². The number of pyridine rings is 1. The number of hydrogen-bond acceptors (Lipinski definition) is 5. The summed E-state index contributed by atoms with van der Waals surface area (Å²) in [4.78, 5) is 34.2. The number of carbonyl (C=O) groups excluding carboxylic acids is 2. The lowest BCUT2D eigenvalue weighted by atomic mass is 10.2. The van der Waals surface area contributed by atoms with E-state index in [1.165, 1.54) is 16.2 Å². The minimum absolute atomic E-state index is 0.0553. The van der Waals surface area contributed by atoms with Gasteiger partial charge in [0.15, 0.2) is 0 Å². The second-order valence-corrected chi connectivity index (χ2v) is 6.68. The van der Waals surface area contributed by atoms with E-state index in [9.17, 15) is 9.59 Å². The van der Waals surface area contributed by atoms with Crippen molar-refractivity contribution >= 4 is 29.0 Å². The molecule has 2 aromatic heterocycles. The van der Waals surface area contributed by atoms with Crippen molar-refractivity contribution < 1.29 is 9.59 Å². The Kier molecular flexibility index (Phi) is 4.80. The summed E-state index contributed by atoms with van der Waals surface area (Å²) in [5.41, 5.74) is 1.34. The highest BCUT2D eigenvalue weighted by Gasteiger charge is 2.23. The molecule has 2 aromatic rings. The molecule has 0 aliphatic carbocycles. The van der Waals surface area contributed by atoms with E-state index in [-0.39, 0.29) is 11.8 Å². The van der Waals surface area contributed by atoms with Gasteiger partial charge in [-0.1, -0.05) is 0 Å². The van der Waals surface area contributed by atoms with Crippen LogP contribution in [-0.2, 0) is 0 Å². The first-order valence-corrected chi connectivity index (χ1v) is 8.74. The number of thiophene rings is 1. The number of carbonyl (C=O) groups is 2. The van der Waals surface area contributed by atoms with E-state index in [1.807, 2.05) is 27.8 Å². The summed E-state index contributed by atoms with van der Waals surface area (Å²) in [6.07, 6.45) is 1.61. The Morgan fingerprint density at radius 3 is 2.38 bits per heavy atom. The van der Waals surface area contributed by atoms with Crippen molar-refractivity contribution in [1.29, 1.82) is 0 Å². The molecule has 0 bridgehead atoms. The number of nitrogens with zero attached hydrogens (tertiary/aromatic N) is 4. The maximum absolute atomic E-state index is 12.3. The molecule has 0 saturated carbocycles. The second-order valence-electron chi connectivity index (χ2n) is 5.90. The van der Waals surface area contributed by atoms with Crippen LogP contribution in [0.5, 0.6) is 0 Å². The quantitative estimate of drug-likeness (QED) is 0.852. The molecule has 0 aromatic carbocycles. The standard InChI is InChI=1S/C17H20N4O2S/c1-19(2)16(22)13-3-4-15(18-11-13)20-6-8-21(9-7-20)17(23)14-5-10-24-12-14/h3-5,10-12H,6-9H2,1-2H3. The van der Waals surface area contributed by atoms with Crippen LogP contribution in [0, 0.1) is 0 Å². The monoisotopic (exact) mass is 344 g/mol. The molecule has 7 heteroatoms. The first kappa shape index (κ1) is 16.4. The SMILES string of the molecule is CN(C)C(=O)c1ccc(N2CCN(C(=O)c3ccsc3)CC2)nc1. The lowest BCUT2D eigenvalue weighted by molar-refractivity contribution is 0.0746. The maximum Gasteiger partial charge on any atom is 0.254 e. The smallest absolute Gasteiger partial charge is 0.254 e. The highest BCUT2D eigenvalue weighted by Crippen LogP contribution is 2.17. The largest absolute Gasteiger partial charge is 0.353 e. The predicted octanol–water partition coefficient (Wildman–Crippen LogP) is 1.81. The Hall–Kier alpha value is -2.41. The molecule has 0 radical (unpaired) electrons. The van der Waals surface area contributed by atoms with Gasteiger partial charge in [0.05, 0.1) is 11.1 Å². The molecule has 3 rings (SSSR count). The minimum Gasteiger partial charge on any atom is -0.353 e. The van der Waals surface area contributed by atoms with Gasteiger partial charge in [-0.05, 0) is 23.6 Å². The van der Waals surface area contributed by atoms with Crippen LogP contribution in [0.25, 0.3) is 0 Å². The molecule has 1 saturated heterocycles. The molecule has 1 fully saturated rings. The van der Waals surface area contributed by atoms with Gasteiger partial charge in [-0.3, -0.25) is 9.59 Å². The van der Waals surface area contributed by atoms with Crippen LogP contribution in [0.15, 0.2) is 35.2 Å². The highest BCUT2D eigenvalue weighted by molar-refractivity contribution is 7.08. The van der Waals surface area contributed by atoms with E-state index in [0.717, 1.165) is 24.5 Å². The van der Waals surface area contributed by atoms with Crippen molar-refractivity contribution in [3.63, 3.8) is 0 Å². The van der Waals surface area contributed by atoms with Gasteiger partial charge in [0, 0.05) is 51.9 Å². The van der Waals surface area contributed by atoms with Crippen molar-refractivity contribution in [2.24, 2.45) is 0 Å². The van der Waals surface area contributed by atoms with E-state index < -0.39 is 0 Å². The van der Waals surface area contributed by atoms with Crippen LogP contribution >= 0.6 is 11.3 Å². The summed E-state index contributed by atoms with van der Waals surface area (Å²) in [6, 6.07) is 5.53. The third kappa shape index (κ3) is 3.41. The molecule has 0 atom stereocenters. The molecule has 0 N–H and O–H groups in total. The number of anilines is 1. The number of piperazine rings is 1. The van der Waals surface area contributed by atoms with Gasteiger partial charge in [0.1, 0.15) is 5.82 Å². The van der Waals surface area contributed by atoms with Gasteiger partial charge in [-0.15, -0.1) is 0 Å². The van der Waals surface area contributed by atoms with Crippen molar-refractivity contribution in [3.05, 3.63) is 46.3 Å². The summed E-state index contributed by atoms with van der Waals surface area (Å²) in [6.45, 7) is 2.83. The van der Waals surface area contributed by atoms with Gasteiger partial charge >= 0.3 is 0 Å². The zero-order chi connectivity index (χ0) is 17.1. The molecule has 2 amide bonds. The zero-order valence-corrected chi connectivity index (χ0v) is 14.6. The third-order valence-electron chi connectivity index (χ3n) is 4.06. The van der Waals surface area contributed by atoms with Crippen molar-refractivity contribution in [3.8, 4) is 0 Å². The van der Waals surface area contributed by atoms with Crippen LogP contribution in [0.3, 0.4) is 0 Å². The molecule has 3 heterocycles. The minimum atomic E-state index is -0.0553. The molecule has 24 heavy (non-hydrogen) atoms. The van der Waals surface area contributed by atoms with Gasteiger partial charge in [-0.25, -0.2) is 4.98 Å². The molecular formula is C17H20N4O2S. The fourth-order valence-corrected chi connectivity index (χ4v) is 3.29. The number of amides is 2. The third-order valence-corrected chi connectivity index (χ3v) is 4.74. The fraction of sp³-hybridized carbons (Fsp3) is 0.353. The zero-order valence-electron chi connectivity index (χ0n) is 13.8. The molecule has 126 valence electrons. The number of rotatable bonds is 3. The summed E-state index contributed by atoms with van der Waals surface area (Å²) in [5, 5.41) is 3.81. The average Bonchev–Trinajstić information content (AvgIpc) is 3.15. The number of hydrogen-bond donors (Lipinski definition) is 0.